The molecule has 2 rings (SSSR count). The molecule has 1 saturated carbocycles. The topological polar surface area (TPSA) is 12.0 Å². The summed E-state index contributed by atoms with van der Waals surface area (Å²) in [6, 6.07) is 7.09. The normalized spacial score (nSPS) is 25.3. The lowest BCUT2D eigenvalue weighted by atomic mass is 9.93. The van der Waals surface area contributed by atoms with Gasteiger partial charge in [0.1, 0.15) is 0 Å². The molecule has 1 aliphatic carbocycles. The molecule has 0 spiro atoms. The van der Waals surface area contributed by atoms with Gasteiger partial charge in [-0.3, -0.25) is 0 Å². The average molecular weight is 363 g/mol. The molecule has 0 heterocycles. The van der Waals surface area contributed by atoms with Crippen LogP contribution < -0.4 is 5.32 Å². The summed E-state index contributed by atoms with van der Waals surface area (Å²) in [7, 11) is 0. The van der Waals surface area contributed by atoms with E-state index in [9.17, 15) is 0 Å². The fraction of sp³-hybridized carbons (Fsp3) is 0.600. The molecule has 0 bridgehead atoms. The van der Waals surface area contributed by atoms with E-state index in [1.165, 1.54) is 31.2 Å². The summed E-state index contributed by atoms with van der Waals surface area (Å²) < 4.78 is 1.04. The van der Waals surface area contributed by atoms with Crippen molar-refractivity contribution in [1.82, 2.24) is 5.32 Å². The maximum Gasteiger partial charge on any atom is 0.0464 e. The van der Waals surface area contributed by atoms with E-state index in [1.807, 2.05) is 17.8 Å². The maximum absolute atomic E-state index is 6.31. The first-order valence-corrected chi connectivity index (χ1v) is 9.30. The minimum absolute atomic E-state index is 0.316. The molecule has 0 saturated heterocycles. The van der Waals surface area contributed by atoms with E-state index < -0.39 is 0 Å². The van der Waals surface area contributed by atoms with Crippen LogP contribution >= 0.6 is 39.3 Å². The summed E-state index contributed by atoms with van der Waals surface area (Å²) in [5, 5.41) is 5.44. The molecule has 1 nitrogen and oxygen atoms in total. The molecule has 1 N–H and O–H groups in total. The van der Waals surface area contributed by atoms with Crippen molar-refractivity contribution in [3.05, 3.63) is 33.3 Å². The minimum Gasteiger partial charge on any atom is -0.307 e. The molecule has 0 aromatic heterocycles. The van der Waals surface area contributed by atoms with Crippen molar-refractivity contribution < 1.29 is 0 Å². The lowest BCUT2D eigenvalue weighted by Gasteiger charge is -2.30. The predicted molar refractivity (Wildman–Crippen MR) is 90.3 cm³/mol. The van der Waals surface area contributed by atoms with Gasteiger partial charge in [-0.2, -0.15) is 11.8 Å². The van der Waals surface area contributed by atoms with Crippen LogP contribution in [0.3, 0.4) is 0 Å². The van der Waals surface area contributed by atoms with Crippen molar-refractivity contribution in [2.75, 3.05) is 6.26 Å². The van der Waals surface area contributed by atoms with Crippen molar-refractivity contribution in [3.63, 3.8) is 0 Å². The third-order valence-corrected chi connectivity index (χ3v) is 5.88. The molecule has 1 atom stereocenters. The van der Waals surface area contributed by atoms with E-state index in [0.717, 1.165) is 14.7 Å². The lowest BCUT2D eigenvalue weighted by Crippen LogP contribution is -2.35. The summed E-state index contributed by atoms with van der Waals surface area (Å²) in [6.07, 6.45) is 7.45. The standard InChI is InChI=1S/C15H21BrClNS/c1-10(14-8-3-11(16)9-15(14)17)18-12-4-6-13(19-2)7-5-12/h3,8-10,12-13,18H,4-7H2,1-2H3. The smallest absolute Gasteiger partial charge is 0.0464 e. The van der Waals surface area contributed by atoms with E-state index in [-0.39, 0.29) is 0 Å². The molecule has 0 radical (unpaired) electrons. The molecule has 1 fully saturated rings. The van der Waals surface area contributed by atoms with E-state index in [0.29, 0.717) is 12.1 Å². The van der Waals surface area contributed by atoms with Gasteiger partial charge in [-0.1, -0.05) is 33.6 Å². The number of rotatable bonds is 4. The Labute approximate surface area is 134 Å². The van der Waals surface area contributed by atoms with E-state index in [4.69, 9.17) is 11.6 Å². The van der Waals surface area contributed by atoms with Gasteiger partial charge in [-0.05, 0) is 56.6 Å². The molecule has 1 unspecified atom stereocenters. The molecule has 4 heteroatoms. The molecule has 0 amide bonds. The summed E-state index contributed by atoms with van der Waals surface area (Å²) in [5.74, 6) is 0. The van der Waals surface area contributed by atoms with Crippen LogP contribution in [0.2, 0.25) is 5.02 Å². The van der Waals surface area contributed by atoms with Gasteiger partial charge in [0.25, 0.3) is 0 Å². The average Bonchev–Trinajstić information content (AvgIpc) is 2.39. The Morgan fingerprint density at radius 3 is 2.58 bits per heavy atom. The third kappa shape index (κ3) is 4.38. The zero-order valence-corrected chi connectivity index (χ0v) is 14.6. The quantitative estimate of drug-likeness (QED) is 0.766. The monoisotopic (exact) mass is 361 g/mol. The van der Waals surface area contributed by atoms with E-state index >= 15 is 0 Å². The van der Waals surface area contributed by atoms with Gasteiger partial charge >= 0.3 is 0 Å². The SMILES string of the molecule is CSC1CCC(NC(C)c2ccc(Br)cc2Cl)CC1. The van der Waals surface area contributed by atoms with Crippen LogP contribution in [0.25, 0.3) is 0 Å². The van der Waals surface area contributed by atoms with Crippen LogP contribution in [-0.2, 0) is 0 Å². The van der Waals surface area contributed by atoms with Crippen molar-refractivity contribution in [2.24, 2.45) is 0 Å². The first kappa shape index (κ1) is 15.7. The highest BCUT2D eigenvalue weighted by molar-refractivity contribution is 9.10. The Balaban J connectivity index is 1.92. The van der Waals surface area contributed by atoms with Gasteiger partial charge in [0.2, 0.25) is 0 Å². The summed E-state index contributed by atoms with van der Waals surface area (Å²) >= 11 is 11.8. The van der Waals surface area contributed by atoms with E-state index in [1.54, 1.807) is 0 Å². The highest BCUT2D eigenvalue weighted by atomic mass is 79.9. The van der Waals surface area contributed by atoms with Gasteiger partial charge in [0, 0.05) is 26.8 Å². The number of hydrogen-bond donors (Lipinski definition) is 1. The van der Waals surface area contributed by atoms with Crippen molar-refractivity contribution in [2.45, 2.75) is 49.9 Å². The Kier molecular flexibility index (Phi) is 6.07. The zero-order chi connectivity index (χ0) is 13.8. The Bertz CT molecular complexity index is 419. The molecule has 1 aromatic rings. The first-order valence-electron chi connectivity index (χ1n) is 6.84. The second-order valence-corrected chi connectivity index (χ2v) is 7.72. The first-order chi connectivity index (χ1) is 9.10. The van der Waals surface area contributed by atoms with Crippen LogP contribution in [0, 0.1) is 0 Å². The summed E-state index contributed by atoms with van der Waals surface area (Å²) in [6.45, 7) is 2.20. The Morgan fingerprint density at radius 2 is 2.00 bits per heavy atom. The molecule has 19 heavy (non-hydrogen) atoms. The van der Waals surface area contributed by atoms with Crippen molar-refractivity contribution in [1.29, 1.82) is 0 Å². The highest BCUT2D eigenvalue weighted by Gasteiger charge is 2.22. The second-order valence-electron chi connectivity index (χ2n) is 5.26. The predicted octanol–water partition coefficient (Wildman–Crippen LogP) is 5.43. The highest BCUT2D eigenvalue weighted by Crippen LogP contribution is 2.30. The number of nitrogens with one attached hydrogen (secondary N) is 1. The molecular formula is C15H21BrClNS. The maximum atomic E-state index is 6.31. The van der Waals surface area contributed by atoms with Gasteiger partial charge in [0.05, 0.1) is 0 Å². The zero-order valence-electron chi connectivity index (χ0n) is 11.5. The van der Waals surface area contributed by atoms with Crippen LogP contribution in [0.1, 0.15) is 44.2 Å². The summed E-state index contributed by atoms with van der Waals surface area (Å²) in [5.41, 5.74) is 1.19. The number of benzene rings is 1. The summed E-state index contributed by atoms with van der Waals surface area (Å²) in [4.78, 5) is 0. The van der Waals surface area contributed by atoms with Gasteiger partial charge < -0.3 is 5.32 Å². The molecule has 1 aromatic carbocycles. The van der Waals surface area contributed by atoms with Gasteiger partial charge in [-0.15, -0.1) is 0 Å². The largest absolute Gasteiger partial charge is 0.307 e. The van der Waals surface area contributed by atoms with Crippen LogP contribution in [0.5, 0.6) is 0 Å². The minimum atomic E-state index is 0.316. The fourth-order valence-corrected chi connectivity index (χ4v) is 4.34. The number of halogens is 2. The van der Waals surface area contributed by atoms with E-state index in [2.05, 4.69) is 46.6 Å². The third-order valence-electron chi connectivity index (χ3n) is 3.92. The van der Waals surface area contributed by atoms with Crippen LogP contribution in [0.4, 0.5) is 0 Å². The lowest BCUT2D eigenvalue weighted by molar-refractivity contribution is 0.352. The van der Waals surface area contributed by atoms with Crippen LogP contribution in [0.15, 0.2) is 22.7 Å². The number of hydrogen-bond acceptors (Lipinski definition) is 2. The number of thioether (sulfide) groups is 1. The molecule has 106 valence electrons. The Hall–Kier alpha value is 0.300. The van der Waals surface area contributed by atoms with Gasteiger partial charge in [0.15, 0.2) is 0 Å². The van der Waals surface area contributed by atoms with Gasteiger partial charge in [-0.25, -0.2) is 0 Å². The molecular weight excluding hydrogens is 342 g/mol. The molecule has 0 aliphatic heterocycles. The van der Waals surface area contributed by atoms with Crippen molar-refractivity contribution in [3.8, 4) is 0 Å². The van der Waals surface area contributed by atoms with Crippen molar-refractivity contribution >= 4 is 39.3 Å². The Morgan fingerprint density at radius 1 is 1.32 bits per heavy atom. The second kappa shape index (κ2) is 7.35. The molecule has 1 aliphatic rings. The fourth-order valence-electron chi connectivity index (χ4n) is 2.76. The van der Waals surface area contributed by atoms with Crippen LogP contribution in [-0.4, -0.2) is 17.5 Å².